The topological polar surface area (TPSA) is 17.1 Å². The minimum atomic E-state index is -0.807. The number of rotatable bonds is 3. The van der Waals surface area contributed by atoms with Gasteiger partial charge in [0.15, 0.2) is 5.78 Å². The minimum absolute atomic E-state index is 0.0570. The Morgan fingerprint density at radius 2 is 2.00 bits per heavy atom. The Hall–Kier alpha value is -1.07. The highest BCUT2D eigenvalue weighted by molar-refractivity contribution is 9.11. The number of carbonyl (C=O) groups is 1. The van der Waals surface area contributed by atoms with Crippen LogP contribution in [0.25, 0.3) is 0 Å². The second-order valence-corrected chi connectivity index (χ2v) is 6.43. The monoisotopic (exact) mass is 330 g/mol. The van der Waals surface area contributed by atoms with Crippen molar-refractivity contribution >= 4 is 33.0 Å². The van der Waals surface area contributed by atoms with Crippen LogP contribution in [0, 0.1) is 18.6 Å². The van der Waals surface area contributed by atoms with Gasteiger partial charge in [-0.15, -0.1) is 11.3 Å². The molecule has 0 bridgehead atoms. The summed E-state index contributed by atoms with van der Waals surface area (Å²) in [5, 5.41) is 0. The SMILES string of the molecule is Cc1cc(C(=O)Cc2ccc(Br)s2)c(F)cc1F. The zero-order valence-corrected chi connectivity index (χ0v) is 11.9. The molecule has 1 aromatic carbocycles. The second kappa shape index (κ2) is 5.28. The van der Waals surface area contributed by atoms with Crippen molar-refractivity contribution in [3.63, 3.8) is 0 Å². The molecule has 5 heteroatoms. The summed E-state index contributed by atoms with van der Waals surface area (Å²) in [4.78, 5) is 12.8. The van der Waals surface area contributed by atoms with Gasteiger partial charge in [-0.1, -0.05) is 0 Å². The first kappa shape index (κ1) is 13.4. The van der Waals surface area contributed by atoms with Crippen LogP contribution in [0.4, 0.5) is 8.78 Å². The predicted octanol–water partition coefficient (Wildman–Crippen LogP) is 4.52. The van der Waals surface area contributed by atoms with E-state index in [-0.39, 0.29) is 23.3 Å². The number of hydrogen-bond donors (Lipinski definition) is 0. The Morgan fingerprint density at radius 3 is 2.61 bits per heavy atom. The third kappa shape index (κ3) is 2.84. The Labute approximate surface area is 116 Å². The van der Waals surface area contributed by atoms with E-state index in [1.165, 1.54) is 24.3 Å². The molecule has 0 amide bonds. The Balaban J connectivity index is 2.26. The third-order valence-electron chi connectivity index (χ3n) is 2.51. The maximum absolute atomic E-state index is 13.5. The zero-order chi connectivity index (χ0) is 13.3. The van der Waals surface area contributed by atoms with Gasteiger partial charge in [-0.05, 0) is 46.6 Å². The molecule has 0 spiro atoms. The van der Waals surface area contributed by atoms with Crippen LogP contribution < -0.4 is 0 Å². The number of Topliss-reactive ketones (excluding diaryl/α,β-unsaturated/α-hetero) is 1. The van der Waals surface area contributed by atoms with Gasteiger partial charge < -0.3 is 0 Å². The lowest BCUT2D eigenvalue weighted by Crippen LogP contribution is -2.06. The van der Waals surface area contributed by atoms with Crippen LogP contribution in [0.2, 0.25) is 0 Å². The molecule has 0 aliphatic heterocycles. The summed E-state index contributed by atoms with van der Waals surface area (Å²) in [5.74, 6) is -1.79. The van der Waals surface area contributed by atoms with Crippen molar-refractivity contribution in [2.24, 2.45) is 0 Å². The van der Waals surface area contributed by atoms with Gasteiger partial charge in [-0.2, -0.15) is 0 Å². The standard InChI is InChI=1S/C13H9BrF2OS/c1-7-4-9(11(16)6-10(7)15)12(17)5-8-2-3-13(14)18-8/h2-4,6H,5H2,1H3. The fraction of sp³-hybridized carbons (Fsp3) is 0.154. The Bertz CT molecular complexity index is 607. The molecular formula is C13H9BrF2OS. The molecule has 1 nitrogen and oxygen atoms in total. The van der Waals surface area contributed by atoms with Gasteiger partial charge in [0, 0.05) is 17.4 Å². The molecule has 94 valence electrons. The molecule has 18 heavy (non-hydrogen) atoms. The molecule has 0 aliphatic rings. The molecule has 1 aromatic heterocycles. The van der Waals surface area contributed by atoms with E-state index in [1.54, 1.807) is 6.07 Å². The maximum atomic E-state index is 13.5. The summed E-state index contributed by atoms with van der Waals surface area (Å²) in [6.45, 7) is 1.51. The van der Waals surface area contributed by atoms with Crippen molar-refractivity contribution in [3.8, 4) is 0 Å². The van der Waals surface area contributed by atoms with Gasteiger partial charge in [-0.3, -0.25) is 4.79 Å². The van der Waals surface area contributed by atoms with Gasteiger partial charge >= 0.3 is 0 Å². The van der Waals surface area contributed by atoms with Crippen molar-refractivity contribution in [1.29, 1.82) is 0 Å². The summed E-state index contributed by atoms with van der Waals surface area (Å²) < 4.78 is 27.5. The first-order valence-corrected chi connectivity index (χ1v) is 6.81. The van der Waals surface area contributed by atoms with Crippen molar-refractivity contribution in [1.82, 2.24) is 0 Å². The normalized spacial score (nSPS) is 10.7. The van der Waals surface area contributed by atoms with Crippen LogP contribution >= 0.6 is 27.3 Å². The molecule has 2 rings (SSSR count). The first-order valence-electron chi connectivity index (χ1n) is 5.20. The highest BCUT2D eigenvalue weighted by Gasteiger charge is 2.15. The first-order chi connectivity index (χ1) is 8.47. The molecular weight excluding hydrogens is 322 g/mol. The number of aryl methyl sites for hydroxylation is 1. The van der Waals surface area contributed by atoms with E-state index in [1.807, 2.05) is 6.07 Å². The lowest BCUT2D eigenvalue weighted by Gasteiger charge is -2.04. The van der Waals surface area contributed by atoms with Crippen LogP contribution in [0.3, 0.4) is 0 Å². The van der Waals surface area contributed by atoms with Crippen molar-refractivity contribution in [3.05, 3.63) is 55.7 Å². The van der Waals surface area contributed by atoms with E-state index in [9.17, 15) is 13.6 Å². The number of carbonyl (C=O) groups excluding carboxylic acids is 1. The molecule has 0 saturated heterocycles. The van der Waals surface area contributed by atoms with Crippen LogP contribution in [-0.4, -0.2) is 5.78 Å². The third-order valence-corrected chi connectivity index (χ3v) is 4.14. The molecule has 0 unspecified atom stereocenters. The summed E-state index contributed by atoms with van der Waals surface area (Å²) in [6.07, 6.45) is 0.123. The van der Waals surface area contributed by atoms with E-state index in [0.29, 0.717) is 0 Å². The second-order valence-electron chi connectivity index (χ2n) is 3.89. The number of halogens is 3. The van der Waals surface area contributed by atoms with E-state index >= 15 is 0 Å². The molecule has 0 aliphatic carbocycles. The maximum Gasteiger partial charge on any atom is 0.171 e. The van der Waals surface area contributed by atoms with Crippen molar-refractivity contribution < 1.29 is 13.6 Å². The zero-order valence-electron chi connectivity index (χ0n) is 9.47. The van der Waals surface area contributed by atoms with Gasteiger partial charge in [-0.25, -0.2) is 8.78 Å². The largest absolute Gasteiger partial charge is 0.294 e. The van der Waals surface area contributed by atoms with Crippen LogP contribution in [0.1, 0.15) is 20.8 Å². The predicted molar refractivity (Wildman–Crippen MR) is 71.1 cm³/mol. The van der Waals surface area contributed by atoms with Gasteiger partial charge in [0.25, 0.3) is 0 Å². The fourth-order valence-corrected chi connectivity index (χ4v) is 3.05. The molecule has 0 fully saturated rings. The van der Waals surface area contributed by atoms with E-state index in [4.69, 9.17) is 0 Å². The quantitative estimate of drug-likeness (QED) is 0.756. The number of hydrogen-bond acceptors (Lipinski definition) is 2. The van der Waals surface area contributed by atoms with Crippen LogP contribution in [-0.2, 0) is 6.42 Å². The summed E-state index contributed by atoms with van der Waals surface area (Å²) in [7, 11) is 0. The molecule has 0 N–H and O–H groups in total. The van der Waals surface area contributed by atoms with Crippen molar-refractivity contribution in [2.45, 2.75) is 13.3 Å². The number of benzene rings is 1. The lowest BCUT2D eigenvalue weighted by atomic mass is 10.0. The van der Waals surface area contributed by atoms with E-state index in [2.05, 4.69) is 15.9 Å². The van der Waals surface area contributed by atoms with E-state index in [0.717, 1.165) is 14.7 Å². The lowest BCUT2D eigenvalue weighted by molar-refractivity contribution is 0.0990. The highest BCUT2D eigenvalue weighted by Crippen LogP contribution is 2.24. The summed E-state index contributed by atoms with van der Waals surface area (Å²) in [6, 6.07) is 5.66. The van der Waals surface area contributed by atoms with Crippen LogP contribution in [0.15, 0.2) is 28.1 Å². The average Bonchev–Trinajstić information content (AvgIpc) is 2.69. The number of thiophene rings is 1. The highest BCUT2D eigenvalue weighted by atomic mass is 79.9. The van der Waals surface area contributed by atoms with Crippen LogP contribution in [0.5, 0.6) is 0 Å². The van der Waals surface area contributed by atoms with Crippen molar-refractivity contribution in [2.75, 3.05) is 0 Å². The van der Waals surface area contributed by atoms with Gasteiger partial charge in [0.2, 0.25) is 0 Å². The Morgan fingerprint density at radius 1 is 1.28 bits per heavy atom. The fourth-order valence-electron chi connectivity index (χ4n) is 1.57. The summed E-state index contributed by atoms with van der Waals surface area (Å²) >= 11 is 4.72. The average molecular weight is 331 g/mol. The molecule has 1 heterocycles. The molecule has 0 atom stereocenters. The van der Waals surface area contributed by atoms with Gasteiger partial charge in [0.05, 0.1) is 9.35 Å². The molecule has 2 aromatic rings. The Kier molecular flexibility index (Phi) is 3.92. The summed E-state index contributed by atoms with van der Waals surface area (Å²) in [5.41, 5.74) is 0.213. The minimum Gasteiger partial charge on any atom is -0.294 e. The van der Waals surface area contributed by atoms with E-state index < -0.39 is 11.6 Å². The molecule has 0 saturated carbocycles. The van der Waals surface area contributed by atoms with Gasteiger partial charge in [0.1, 0.15) is 11.6 Å². The number of ketones is 1. The smallest absolute Gasteiger partial charge is 0.171 e. The molecule has 0 radical (unpaired) electrons.